The summed E-state index contributed by atoms with van der Waals surface area (Å²) in [5, 5.41) is 10.3. The van der Waals surface area contributed by atoms with E-state index in [-0.39, 0.29) is 17.7 Å². The highest BCUT2D eigenvalue weighted by Gasteiger charge is 2.28. The van der Waals surface area contributed by atoms with Crippen molar-refractivity contribution in [3.05, 3.63) is 35.8 Å². The molecule has 1 aromatic carbocycles. The number of ether oxygens (including phenoxy) is 1. The van der Waals surface area contributed by atoms with E-state index in [9.17, 15) is 9.50 Å². The number of anilines is 1. The molecule has 3 rings (SSSR count). The molecule has 1 aliphatic rings. The number of hydrogen-bond acceptors (Lipinski definition) is 4. The Balaban J connectivity index is 2.02. The molecule has 1 fully saturated rings. The van der Waals surface area contributed by atoms with Crippen molar-refractivity contribution in [3.63, 3.8) is 0 Å². The van der Waals surface area contributed by atoms with Gasteiger partial charge in [-0.2, -0.15) is 0 Å². The van der Waals surface area contributed by atoms with Gasteiger partial charge in [0.25, 0.3) is 0 Å². The van der Waals surface area contributed by atoms with Gasteiger partial charge in [0.1, 0.15) is 11.9 Å². The smallest absolute Gasteiger partial charge is 0.202 e. The van der Waals surface area contributed by atoms with Crippen molar-refractivity contribution in [2.75, 3.05) is 12.3 Å². The Labute approximate surface area is 116 Å². The summed E-state index contributed by atoms with van der Waals surface area (Å²) in [6.45, 7) is 0.639. The number of rotatable bonds is 2. The van der Waals surface area contributed by atoms with Crippen LogP contribution in [0.1, 0.15) is 31.1 Å². The summed E-state index contributed by atoms with van der Waals surface area (Å²) in [6.07, 6.45) is 2.52. The molecule has 2 aromatic rings. The van der Waals surface area contributed by atoms with Crippen LogP contribution in [-0.2, 0) is 4.74 Å². The number of nitrogens with two attached hydrogens (primary N) is 1. The topological polar surface area (TPSA) is 68.6 Å². The first-order valence-electron chi connectivity index (χ1n) is 6.65. The number of benzene rings is 1. The molecule has 1 aromatic heterocycles. The van der Waals surface area contributed by atoms with Crippen LogP contribution >= 0.6 is 0 Å². The average Bonchev–Trinajstić information content (AvgIpc) is 2.75. The van der Waals surface area contributed by atoms with Crippen molar-refractivity contribution >= 4 is 5.88 Å². The minimum atomic E-state index is -0.391. The first-order valence-corrected chi connectivity index (χ1v) is 6.65. The zero-order chi connectivity index (χ0) is 14.1. The summed E-state index contributed by atoms with van der Waals surface area (Å²) in [6, 6.07) is 5.89. The second-order valence-electron chi connectivity index (χ2n) is 4.92. The molecule has 0 radical (unpaired) electrons. The van der Waals surface area contributed by atoms with Crippen molar-refractivity contribution in [1.29, 1.82) is 0 Å². The maximum absolute atomic E-state index is 13.3. The van der Waals surface area contributed by atoms with Crippen LogP contribution in [0.25, 0.3) is 11.1 Å². The molecule has 106 valence electrons. The predicted molar refractivity (Wildman–Crippen MR) is 72.7 cm³/mol. The van der Waals surface area contributed by atoms with Gasteiger partial charge in [0.2, 0.25) is 5.88 Å². The molecule has 0 spiro atoms. The third-order valence-corrected chi connectivity index (χ3v) is 3.52. The summed E-state index contributed by atoms with van der Waals surface area (Å²) in [7, 11) is 0. The average molecular weight is 277 g/mol. The Bertz CT molecular complexity index is 618. The molecule has 0 saturated carbocycles. The van der Waals surface area contributed by atoms with Gasteiger partial charge in [0.15, 0.2) is 11.5 Å². The van der Waals surface area contributed by atoms with Gasteiger partial charge in [0.05, 0.1) is 5.56 Å². The van der Waals surface area contributed by atoms with Gasteiger partial charge in [-0.05, 0) is 37.0 Å². The molecule has 1 unspecified atom stereocenters. The van der Waals surface area contributed by atoms with Crippen LogP contribution in [0.3, 0.4) is 0 Å². The number of hydrogen-bond donors (Lipinski definition) is 2. The van der Waals surface area contributed by atoms with Crippen LogP contribution in [0.4, 0.5) is 10.3 Å². The summed E-state index contributed by atoms with van der Waals surface area (Å²) >= 11 is 0. The van der Waals surface area contributed by atoms with E-state index < -0.39 is 5.82 Å². The van der Waals surface area contributed by atoms with Crippen LogP contribution in [0.15, 0.2) is 28.7 Å². The van der Waals surface area contributed by atoms with Crippen LogP contribution in [-0.4, -0.2) is 11.7 Å². The Morgan fingerprint density at radius 1 is 1.30 bits per heavy atom. The Morgan fingerprint density at radius 2 is 2.15 bits per heavy atom. The maximum Gasteiger partial charge on any atom is 0.202 e. The lowest BCUT2D eigenvalue weighted by atomic mass is 10.0. The number of furan rings is 1. The lowest BCUT2D eigenvalue weighted by molar-refractivity contribution is 0.000703. The lowest BCUT2D eigenvalue weighted by Crippen LogP contribution is -2.10. The maximum atomic E-state index is 13.3. The van der Waals surface area contributed by atoms with E-state index in [0.29, 0.717) is 23.5 Å². The van der Waals surface area contributed by atoms with Gasteiger partial charge in [-0.15, -0.1) is 0 Å². The van der Waals surface area contributed by atoms with Gasteiger partial charge < -0.3 is 20.0 Å². The van der Waals surface area contributed by atoms with Crippen molar-refractivity contribution in [2.45, 2.75) is 25.4 Å². The minimum absolute atomic E-state index is 0.0556. The van der Waals surface area contributed by atoms with Crippen molar-refractivity contribution < 1.29 is 18.7 Å². The Kier molecular flexibility index (Phi) is 3.36. The standard InChI is InChI=1S/C15H16FNO3/c16-10-5-3-4-9(8-10)12-13(18)14(20-15(12)17)11-6-1-2-7-19-11/h3-5,8,11,18H,1-2,6-7,17H2. The Morgan fingerprint density at radius 3 is 2.85 bits per heavy atom. The molecule has 4 nitrogen and oxygen atoms in total. The van der Waals surface area contributed by atoms with Gasteiger partial charge in [-0.3, -0.25) is 0 Å². The zero-order valence-corrected chi connectivity index (χ0v) is 10.9. The first kappa shape index (κ1) is 13.0. The van der Waals surface area contributed by atoms with E-state index in [1.54, 1.807) is 12.1 Å². The highest BCUT2D eigenvalue weighted by atomic mass is 19.1. The van der Waals surface area contributed by atoms with E-state index in [4.69, 9.17) is 14.9 Å². The monoisotopic (exact) mass is 277 g/mol. The van der Waals surface area contributed by atoms with Crippen molar-refractivity contribution in [2.24, 2.45) is 0 Å². The molecular formula is C15H16FNO3. The molecule has 0 aliphatic carbocycles. The molecule has 5 heteroatoms. The SMILES string of the molecule is Nc1oc(C2CCCCO2)c(O)c1-c1cccc(F)c1. The highest BCUT2D eigenvalue weighted by molar-refractivity contribution is 5.80. The lowest BCUT2D eigenvalue weighted by Gasteiger charge is -2.20. The summed E-state index contributed by atoms with van der Waals surface area (Å²) in [4.78, 5) is 0. The molecule has 1 saturated heterocycles. The fourth-order valence-corrected chi connectivity index (χ4v) is 2.55. The summed E-state index contributed by atoms with van der Waals surface area (Å²) in [5.41, 5.74) is 6.65. The van der Waals surface area contributed by atoms with Gasteiger partial charge in [-0.25, -0.2) is 4.39 Å². The largest absolute Gasteiger partial charge is 0.504 e. The number of aromatic hydroxyl groups is 1. The van der Waals surface area contributed by atoms with E-state index in [2.05, 4.69) is 0 Å². The van der Waals surface area contributed by atoms with Crippen LogP contribution in [0.2, 0.25) is 0 Å². The van der Waals surface area contributed by atoms with Gasteiger partial charge in [-0.1, -0.05) is 12.1 Å². The quantitative estimate of drug-likeness (QED) is 0.879. The zero-order valence-electron chi connectivity index (χ0n) is 10.9. The Hall–Kier alpha value is -2.01. The van der Waals surface area contributed by atoms with E-state index in [0.717, 1.165) is 19.3 Å². The predicted octanol–water partition coefficient (Wildman–Crippen LogP) is 3.62. The third-order valence-electron chi connectivity index (χ3n) is 3.52. The highest BCUT2D eigenvalue weighted by Crippen LogP contribution is 2.45. The molecule has 1 aliphatic heterocycles. The molecule has 20 heavy (non-hydrogen) atoms. The minimum Gasteiger partial charge on any atom is -0.504 e. The molecule has 3 N–H and O–H groups in total. The molecule has 0 bridgehead atoms. The fraction of sp³-hybridized carbons (Fsp3) is 0.333. The van der Waals surface area contributed by atoms with Crippen molar-refractivity contribution in [3.8, 4) is 16.9 Å². The second-order valence-corrected chi connectivity index (χ2v) is 4.92. The fourth-order valence-electron chi connectivity index (χ4n) is 2.55. The summed E-state index contributed by atoms with van der Waals surface area (Å²) in [5.74, 6) is -0.0308. The normalized spacial score (nSPS) is 19.1. The van der Waals surface area contributed by atoms with Gasteiger partial charge >= 0.3 is 0 Å². The number of nitrogen functional groups attached to an aromatic ring is 1. The third kappa shape index (κ3) is 2.25. The van der Waals surface area contributed by atoms with Gasteiger partial charge in [0, 0.05) is 6.61 Å². The molecular weight excluding hydrogens is 261 g/mol. The molecule has 2 heterocycles. The summed E-state index contributed by atoms with van der Waals surface area (Å²) < 4.78 is 24.3. The molecule has 0 amide bonds. The van der Waals surface area contributed by atoms with Crippen LogP contribution < -0.4 is 5.73 Å². The van der Waals surface area contributed by atoms with Crippen molar-refractivity contribution in [1.82, 2.24) is 0 Å². The molecule has 1 atom stereocenters. The van der Waals surface area contributed by atoms with Crippen LogP contribution in [0, 0.1) is 5.82 Å². The number of halogens is 1. The van der Waals surface area contributed by atoms with Crippen LogP contribution in [0.5, 0.6) is 5.75 Å². The second kappa shape index (κ2) is 5.17. The van der Waals surface area contributed by atoms with E-state index in [1.807, 2.05) is 0 Å². The first-order chi connectivity index (χ1) is 9.66. The van der Waals surface area contributed by atoms with E-state index >= 15 is 0 Å². The van der Waals surface area contributed by atoms with E-state index in [1.165, 1.54) is 12.1 Å².